The molecule has 0 bridgehead atoms. The van der Waals surface area contributed by atoms with E-state index in [1.807, 2.05) is 0 Å². The normalized spacial score (nSPS) is 27.4. The van der Waals surface area contributed by atoms with Crippen molar-refractivity contribution < 1.29 is 8.42 Å². The molecular formula is C14H29IN4O2S. The minimum absolute atomic E-state index is 0. The van der Waals surface area contributed by atoms with Crippen LogP contribution in [0.15, 0.2) is 4.99 Å². The highest BCUT2D eigenvalue weighted by Gasteiger charge is 2.27. The minimum Gasteiger partial charge on any atom is -0.370 e. The van der Waals surface area contributed by atoms with Gasteiger partial charge in [0.05, 0.1) is 6.26 Å². The smallest absolute Gasteiger partial charge is 0.208 e. The molecule has 0 saturated heterocycles. The molecule has 8 heteroatoms. The molecule has 2 fully saturated rings. The maximum absolute atomic E-state index is 11.4. The Labute approximate surface area is 151 Å². The van der Waals surface area contributed by atoms with Crippen LogP contribution in [0.4, 0.5) is 0 Å². The first kappa shape index (κ1) is 20.0. The number of nitrogens with one attached hydrogen (secondary N) is 2. The van der Waals surface area contributed by atoms with E-state index in [0.29, 0.717) is 18.5 Å². The molecule has 0 aliphatic heterocycles. The number of halogens is 1. The summed E-state index contributed by atoms with van der Waals surface area (Å²) >= 11 is 0. The lowest BCUT2D eigenvalue weighted by molar-refractivity contribution is 0.297. The zero-order valence-electron chi connectivity index (χ0n) is 13.3. The molecule has 6 nitrogen and oxygen atoms in total. The number of rotatable bonds is 5. The number of hydrogen-bond donors (Lipinski definition) is 3. The average molecular weight is 444 g/mol. The predicted molar refractivity (Wildman–Crippen MR) is 101 cm³/mol. The molecule has 2 atom stereocenters. The zero-order valence-corrected chi connectivity index (χ0v) is 16.4. The van der Waals surface area contributed by atoms with Gasteiger partial charge in [-0.1, -0.05) is 25.7 Å². The molecule has 0 radical (unpaired) electrons. The number of hydrogen-bond acceptors (Lipinski definition) is 3. The van der Waals surface area contributed by atoms with Gasteiger partial charge in [0.15, 0.2) is 5.96 Å². The van der Waals surface area contributed by atoms with Crippen molar-refractivity contribution in [2.75, 3.05) is 12.8 Å². The highest BCUT2D eigenvalue weighted by atomic mass is 127. The summed E-state index contributed by atoms with van der Waals surface area (Å²) in [5.74, 6) is 0.753. The summed E-state index contributed by atoms with van der Waals surface area (Å²) in [5, 5.41) is 3.27. The maximum Gasteiger partial charge on any atom is 0.208 e. The van der Waals surface area contributed by atoms with Crippen LogP contribution in [0.25, 0.3) is 0 Å². The lowest BCUT2D eigenvalue weighted by Gasteiger charge is -2.30. The van der Waals surface area contributed by atoms with Crippen LogP contribution < -0.4 is 15.8 Å². The molecule has 0 heterocycles. The van der Waals surface area contributed by atoms with Gasteiger partial charge in [-0.3, -0.25) is 4.99 Å². The Morgan fingerprint density at radius 2 is 1.73 bits per heavy atom. The first-order chi connectivity index (χ1) is 9.94. The second-order valence-corrected chi connectivity index (χ2v) is 8.17. The summed E-state index contributed by atoms with van der Waals surface area (Å²) in [6.07, 6.45) is 10.2. The Morgan fingerprint density at radius 3 is 2.36 bits per heavy atom. The van der Waals surface area contributed by atoms with E-state index in [4.69, 9.17) is 5.73 Å². The largest absolute Gasteiger partial charge is 0.370 e. The van der Waals surface area contributed by atoms with Gasteiger partial charge in [0, 0.05) is 18.6 Å². The van der Waals surface area contributed by atoms with Gasteiger partial charge in [-0.05, 0) is 31.6 Å². The second kappa shape index (κ2) is 9.27. The van der Waals surface area contributed by atoms with Crippen LogP contribution >= 0.6 is 24.0 Å². The first-order valence-electron chi connectivity index (χ1n) is 7.98. The lowest BCUT2D eigenvalue weighted by atomic mass is 9.85. The zero-order chi connectivity index (χ0) is 15.3. The van der Waals surface area contributed by atoms with Crippen molar-refractivity contribution >= 4 is 40.0 Å². The van der Waals surface area contributed by atoms with Crippen molar-refractivity contribution in [1.29, 1.82) is 0 Å². The maximum atomic E-state index is 11.4. The SMILES string of the molecule is CS(=O)(=O)NC1CCCCC1CN=C(N)NC1CCCC1.I. The summed E-state index contributed by atoms with van der Waals surface area (Å²) in [4.78, 5) is 4.44. The standard InChI is InChI=1S/C14H28N4O2S.HI/c1-21(19,20)18-13-9-5-2-6-11(13)10-16-14(15)17-12-7-3-4-8-12;/h11-13,18H,2-10H2,1H3,(H3,15,16,17);1H. The van der Waals surface area contributed by atoms with Gasteiger partial charge >= 0.3 is 0 Å². The van der Waals surface area contributed by atoms with E-state index >= 15 is 0 Å². The van der Waals surface area contributed by atoms with E-state index < -0.39 is 10.0 Å². The van der Waals surface area contributed by atoms with E-state index in [2.05, 4.69) is 15.0 Å². The summed E-state index contributed by atoms with van der Waals surface area (Å²) in [7, 11) is -3.16. The van der Waals surface area contributed by atoms with Gasteiger partial charge in [-0.25, -0.2) is 13.1 Å². The quantitative estimate of drug-likeness (QED) is 0.341. The highest BCUT2D eigenvalue weighted by molar-refractivity contribution is 14.0. The third-order valence-corrected chi connectivity index (χ3v) is 5.21. The van der Waals surface area contributed by atoms with E-state index in [-0.39, 0.29) is 35.9 Å². The fraction of sp³-hybridized carbons (Fsp3) is 0.929. The van der Waals surface area contributed by atoms with Crippen molar-refractivity contribution in [1.82, 2.24) is 10.0 Å². The van der Waals surface area contributed by atoms with Crippen LogP contribution in [0.1, 0.15) is 51.4 Å². The van der Waals surface area contributed by atoms with Crippen LogP contribution in [0, 0.1) is 5.92 Å². The molecular weight excluding hydrogens is 415 g/mol. The molecule has 130 valence electrons. The topological polar surface area (TPSA) is 96.6 Å². The Hall–Kier alpha value is -0.0900. The molecule has 0 spiro atoms. The van der Waals surface area contributed by atoms with Gasteiger partial charge in [0.2, 0.25) is 10.0 Å². The molecule has 2 aliphatic rings. The van der Waals surface area contributed by atoms with Crippen LogP contribution in [-0.2, 0) is 10.0 Å². The third kappa shape index (κ3) is 6.99. The number of guanidine groups is 1. The summed E-state index contributed by atoms with van der Waals surface area (Å²) in [6, 6.07) is 0.460. The summed E-state index contributed by atoms with van der Waals surface area (Å²) in [6.45, 7) is 0.596. The van der Waals surface area contributed by atoms with Gasteiger partial charge in [0.1, 0.15) is 0 Å². The van der Waals surface area contributed by atoms with Gasteiger partial charge in [0.25, 0.3) is 0 Å². The average Bonchev–Trinajstić information content (AvgIpc) is 2.89. The second-order valence-electron chi connectivity index (χ2n) is 6.39. The molecule has 2 unspecified atom stereocenters. The first-order valence-corrected chi connectivity index (χ1v) is 9.87. The lowest BCUT2D eigenvalue weighted by Crippen LogP contribution is -2.43. The number of nitrogens with two attached hydrogens (primary N) is 1. The van der Waals surface area contributed by atoms with Gasteiger partial charge in [-0.2, -0.15) is 0 Å². The Balaban J connectivity index is 0.00000242. The Bertz CT molecular complexity index is 463. The van der Waals surface area contributed by atoms with E-state index in [0.717, 1.165) is 38.5 Å². The third-order valence-electron chi connectivity index (χ3n) is 4.48. The van der Waals surface area contributed by atoms with Crippen molar-refractivity contribution in [3.8, 4) is 0 Å². The monoisotopic (exact) mass is 444 g/mol. The van der Waals surface area contributed by atoms with E-state index in [9.17, 15) is 8.42 Å². The fourth-order valence-electron chi connectivity index (χ4n) is 3.40. The van der Waals surface area contributed by atoms with Crippen LogP contribution in [-0.4, -0.2) is 39.3 Å². The Morgan fingerprint density at radius 1 is 1.14 bits per heavy atom. The Kier molecular flexibility index (Phi) is 8.40. The molecule has 0 aromatic heterocycles. The predicted octanol–water partition coefficient (Wildman–Crippen LogP) is 1.56. The van der Waals surface area contributed by atoms with Crippen molar-refractivity contribution in [3.63, 3.8) is 0 Å². The van der Waals surface area contributed by atoms with E-state index in [1.54, 1.807) is 0 Å². The fourth-order valence-corrected chi connectivity index (χ4v) is 4.26. The van der Waals surface area contributed by atoms with Crippen molar-refractivity contribution in [3.05, 3.63) is 0 Å². The van der Waals surface area contributed by atoms with Crippen LogP contribution in [0.5, 0.6) is 0 Å². The number of aliphatic imine (C=N–C) groups is 1. The highest BCUT2D eigenvalue weighted by Crippen LogP contribution is 2.25. The summed E-state index contributed by atoms with van der Waals surface area (Å²) < 4.78 is 25.6. The van der Waals surface area contributed by atoms with Crippen LogP contribution in [0.2, 0.25) is 0 Å². The van der Waals surface area contributed by atoms with Gasteiger partial charge in [-0.15, -0.1) is 24.0 Å². The van der Waals surface area contributed by atoms with Crippen LogP contribution in [0.3, 0.4) is 0 Å². The summed E-state index contributed by atoms with van der Waals surface area (Å²) in [5.41, 5.74) is 5.94. The van der Waals surface area contributed by atoms with Crippen molar-refractivity contribution in [2.24, 2.45) is 16.6 Å². The molecule has 0 aromatic carbocycles. The minimum atomic E-state index is -3.16. The van der Waals surface area contributed by atoms with E-state index in [1.165, 1.54) is 19.1 Å². The molecule has 2 aliphatic carbocycles. The number of nitrogens with zero attached hydrogens (tertiary/aromatic N) is 1. The molecule has 0 aromatic rings. The van der Waals surface area contributed by atoms with Crippen molar-refractivity contribution in [2.45, 2.75) is 63.5 Å². The molecule has 2 saturated carbocycles. The van der Waals surface area contributed by atoms with Gasteiger partial charge < -0.3 is 11.1 Å². The molecule has 2 rings (SSSR count). The molecule has 0 amide bonds. The molecule has 4 N–H and O–H groups in total. The number of sulfonamides is 1. The molecule has 22 heavy (non-hydrogen) atoms.